The van der Waals surface area contributed by atoms with Crippen molar-refractivity contribution in [2.45, 2.75) is 6.23 Å². The Kier molecular flexibility index (Phi) is 6.87. The molecule has 184 valence electrons. The lowest BCUT2D eigenvalue weighted by Gasteiger charge is -2.29. The first-order valence-corrected chi connectivity index (χ1v) is 10.9. The van der Waals surface area contributed by atoms with E-state index < -0.39 is 30.0 Å². The second-order valence-electron chi connectivity index (χ2n) is 8.11. The number of phenols is 1. The van der Waals surface area contributed by atoms with Crippen LogP contribution in [0.2, 0.25) is 0 Å². The smallest absolute Gasteiger partial charge is 0.416 e. The van der Waals surface area contributed by atoms with Gasteiger partial charge in [-0.25, -0.2) is 9.18 Å². The Morgan fingerprint density at radius 2 is 1.94 bits per heavy atom. The number of hydrogen-bond donors (Lipinski definition) is 2. The quantitative estimate of drug-likeness (QED) is 0.600. The molecule has 10 nitrogen and oxygen atoms in total. The summed E-state index contributed by atoms with van der Waals surface area (Å²) in [6.45, 7) is 2.23. The molecule has 0 radical (unpaired) electrons. The first-order chi connectivity index (χ1) is 16.7. The largest absolute Gasteiger partial charge is 0.507 e. The number of carbonyl (C=O) groups is 3. The van der Waals surface area contributed by atoms with Gasteiger partial charge in [-0.1, -0.05) is 6.07 Å². The van der Waals surface area contributed by atoms with Gasteiger partial charge in [-0.15, -0.1) is 0 Å². The van der Waals surface area contributed by atoms with E-state index in [2.05, 4.69) is 0 Å². The zero-order valence-electron chi connectivity index (χ0n) is 19.0. The molecule has 2 heterocycles. The standard InChI is InChI=1S/C24H25FN4O6/c1-27(21(31)7-3-15-2-6-20(30)17(12-15)23(26)32)22-14-29(24(33)35-22)16-4-5-19(18(25)13-16)28-8-10-34-11-9-28/h2-7,12-13,22,30H,8-11,14H2,1H3,(H2,26,32)/b7-3+/t22-/m0/s1. The number of anilines is 2. The summed E-state index contributed by atoms with van der Waals surface area (Å²) in [5.41, 5.74) is 6.38. The Hall–Kier alpha value is -4.12. The van der Waals surface area contributed by atoms with Crippen molar-refractivity contribution >= 4 is 35.4 Å². The number of rotatable bonds is 6. The molecule has 0 bridgehead atoms. The number of amides is 3. The molecule has 2 aromatic rings. The SMILES string of the molecule is CN(C(=O)/C=C/c1ccc(O)c(C(N)=O)c1)[C@@H]1CN(c2ccc(N3CCOCC3)c(F)c2)C(=O)O1. The number of halogens is 1. The van der Waals surface area contributed by atoms with E-state index >= 15 is 0 Å². The third kappa shape index (κ3) is 5.19. The molecule has 11 heteroatoms. The van der Waals surface area contributed by atoms with Crippen LogP contribution in [-0.4, -0.2) is 74.0 Å². The van der Waals surface area contributed by atoms with Crippen LogP contribution in [0, 0.1) is 5.82 Å². The van der Waals surface area contributed by atoms with E-state index in [0.29, 0.717) is 43.2 Å². The van der Waals surface area contributed by atoms with Crippen LogP contribution in [0.25, 0.3) is 6.08 Å². The fourth-order valence-electron chi connectivity index (χ4n) is 3.87. The lowest BCUT2D eigenvalue weighted by molar-refractivity contribution is -0.131. The number of benzene rings is 2. The predicted octanol–water partition coefficient (Wildman–Crippen LogP) is 1.92. The third-order valence-corrected chi connectivity index (χ3v) is 5.87. The van der Waals surface area contributed by atoms with E-state index in [-0.39, 0.29) is 17.9 Å². The van der Waals surface area contributed by atoms with E-state index in [1.807, 2.05) is 4.90 Å². The Morgan fingerprint density at radius 1 is 1.20 bits per heavy atom. The highest BCUT2D eigenvalue weighted by atomic mass is 19.1. The van der Waals surface area contributed by atoms with Crippen molar-refractivity contribution in [1.82, 2.24) is 4.90 Å². The molecule has 4 rings (SSSR count). The van der Waals surface area contributed by atoms with Gasteiger partial charge in [0.25, 0.3) is 5.91 Å². The van der Waals surface area contributed by atoms with Gasteiger partial charge in [0.15, 0.2) is 6.23 Å². The van der Waals surface area contributed by atoms with Crippen LogP contribution in [-0.2, 0) is 14.3 Å². The van der Waals surface area contributed by atoms with Crippen LogP contribution in [0.15, 0.2) is 42.5 Å². The second-order valence-corrected chi connectivity index (χ2v) is 8.11. The summed E-state index contributed by atoms with van der Waals surface area (Å²) in [4.78, 5) is 40.8. The number of primary amides is 1. The van der Waals surface area contributed by atoms with Crippen LogP contribution >= 0.6 is 0 Å². The molecule has 2 saturated heterocycles. The molecule has 0 aromatic heterocycles. The molecular formula is C24H25FN4O6. The van der Waals surface area contributed by atoms with Crippen molar-refractivity contribution in [3.05, 3.63) is 59.4 Å². The lowest BCUT2D eigenvalue weighted by atomic mass is 10.1. The molecule has 35 heavy (non-hydrogen) atoms. The molecule has 3 amide bonds. The van der Waals surface area contributed by atoms with Gasteiger partial charge in [-0.05, 0) is 42.0 Å². The van der Waals surface area contributed by atoms with Crippen LogP contribution in [0.4, 0.5) is 20.6 Å². The molecule has 0 spiro atoms. The van der Waals surface area contributed by atoms with Gasteiger partial charge in [-0.3, -0.25) is 14.5 Å². The Bertz CT molecular complexity index is 1180. The number of hydrogen-bond acceptors (Lipinski definition) is 7. The van der Waals surface area contributed by atoms with E-state index in [9.17, 15) is 23.9 Å². The molecular weight excluding hydrogens is 459 g/mol. The van der Waals surface area contributed by atoms with Gasteiger partial charge in [0.2, 0.25) is 5.91 Å². The van der Waals surface area contributed by atoms with Gasteiger partial charge >= 0.3 is 6.09 Å². The van der Waals surface area contributed by atoms with Gasteiger partial charge in [0.05, 0.1) is 36.7 Å². The highest BCUT2D eigenvalue weighted by molar-refractivity contribution is 5.97. The van der Waals surface area contributed by atoms with Crippen LogP contribution in [0.5, 0.6) is 5.75 Å². The first kappa shape index (κ1) is 24.0. The minimum Gasteiger partial charge on any atom is -0.507 e. The van der Waals surface area contributed by atoms with Gasteiger partial charge in [0, 0.05) is 26.2 Å². The summed E-state index contributed by atoms with van der Waals surface area (Å²) in [6.07, 6.45) is 1.10. The summed E-state index contributed by atoms with van der Waals surface area (Å²) < 4.78 is 25.4. The van der Waals surface area contributed by atoms with E-state index in [4.69, 9.17) is 15.2 Å². The first-order valence-electron chi connectivity index (χ1n) is 10.9. The zero-order chi connectivity index (χ0) is 25.1. The maximum atomic E-state index is 14.8. The minimum absolute atomic E-state index is 0.0241. The Morgan fingerprint density at radius 3 is 2.63 bits per heavy atom. The maximum Gasteiger partial charge on any atom is 0.416 e. The number of carbonyl (C=O) groups excluding carboxylic acids is 3. The van der Waals surface area contributed by atoms with Crippen molar-refractivity contribution in [2.24, 2.45) is 5.73 Å². The van der Waals surface area contributed by atoms with E-state index in [0.717, 1.165) is 0 Å². The number of morpholine rings is 1. The number of cyclic esters (lactones) is 1. The second kappa shape index (κ2) is 10.0. The number of ether oxygens (including phenoxy) is 2. The average Bonchev–Trinajstić information content (AvgIpc) is 3.24. The molecule has 2 aromatic carbocycles. The highest BCUT2D eigenvalue weighted by Gasteiger charge is 2.36. The summed E-state index contributed by atoms with van der Waals surface area (Å²) in [5, 5.41) is 9.67. The van der Waals surface area contributed by atoms with Gasteiger partial charge < -0.3 is 30.1 Å². The lowest BCUT2D eigenvalue weighted by Crippen LogP contribution is -2.39. The van der Waals surface area contributed by atoms with E-state index in [1.54, 1.807) is 12.1 Å². The van der Waals surface area contributed by atoms with Gasteiger partial charge in [0.1, 0.15) is 11.6 Å². The summed E-state index contributed by atoms with van der Waals surface area (Å²) in [6, 6.07) is 8.70. The van der Waals surface area contributed by atoms with Gasteiger partial charge in [-0.2, -0.15) is 0 Å². The minimum atomic E-state index is -0.886. The van der Waals surface area contributed by atoms with Crippen molar-refractivity contribution in [3.8, 4) is 5.75 Å². The average molecular weight is 484 g/mol. The van der Waals surface area contributed by atoms with Crippen LogP contribution in [0.1, 0.15) is 15.9 Å². The van der Waals surface area contributed by atoms with Crippen LogP contribution < -0.4 is 15.5 Å². The monoisotopic (exact) mass is 484 g/mol. The highest BCUT2D eigenvalue weighted by Crippen LogP contribution is 2.29. The Labute approximate surface area is 200 Å². The normalized spacial score (nSPS) is 18.1. The maximum absolute atomic E-state index is 14.8. The number of likely N-dealkylation sites (N-methyl/N-ethyl adjacent to an activating group) is 1. The topological polar surface area (TPSA) is 126 Å². The van der Waals surface area contributed by atoms with Crippen LogP contribution in [0.3, 0.4) is 0 Å². The van der Waals surface area contributed by atoms with E-state index in [1.165, 1.54) is 53.3 Å². The third-order valence-electron chi connectivity index (χ3n) is 5.87. The fraction of sp³-hybridized carbons (Fsp3) is 0.292. The number of aromatic hydroxyl groups is 1. The molecule has 0 unspecified atom stereocenters. The molecule has 2 aliphatic heterocycles. The summed E-state index contributed by atoms with van der Waals surface area (Å²) >= 11 is 0. The number of nitrogens with zero attached hydrogens (tertiary/aromatic N) is 3. The fourth-order valence-corrected chi connectivity index (χ4v) is 3.87. The molecule has 3 N–H and O–H groups in total. The summed E-state index contributed by atoms with van der Waals surface area (Å²) in [7, 11) is 1.47. The van der Waals surface area contributed by atoms with Crippen molar-refractivity contribution < 1.29 is 33.4 Å². The van der Waals surface area contributed by atoms with Crippen molar-refractivity contribution in [2.75, 3.05) is 49.7 Å². The van der Waals surface area contributed by atoms with Crippen molar-refractivity contribution in [1.29, 1.82) is 0 Å². The molecule has 1 atom stereocenters. The zero-order valence-corrected chi connectivity index (χ0v) is 19.0. The van der Waals surface area contributed by atoms with Crippen molar-refractivity contribution in [3.63, 3.8) is 0 Å². The Balaban J connectivity index is 1.42. The number of nitrogens with two attached hydrogens (primary N) is 1. The molecule has 0 saturated carbocycles. The molecule has 2 fully saturated rings. The molecule has 2 aliphatic rings. The molecule has 0 aliphatic carbocycles. The summed E-state index contributed by atoms with van der Waals surface area (Å²) in [5.74, 6) is -1.98. The predicted molar refractivity (Wildman–Crippen MR) is 125 cm³/mol.